The summed E-state index contributed by atoms with van der Waals surface area (Å²) < 4.78 is 1.72. The molecule has 3 aromatic heterocycles. The second-order valence-corrected chi connectivity index (χ2v) is 6.94. The van der Waals surface area contributed by atoms with Crippen molar-refractivity contribution in [1.82, 2.24) is 29.9 Å². The lowest BCUT2D eigenvalue weighted by Gasteiger charge is -2.09. The highest BCUT2D eigenvalue weighted by Crippen LogP contribution is 2.27. The topological polar surface area (TPSA) is 101 Å². The molecule has 0 fully saturated rings. The van der Waals surface area contributed by atoms with Crippen LogP contribution in [-0.4, -0.2) is 29.9 Å². The van der Waals surface area contributed by atoms with Crippen LogP contribution in [0.1, 0.15) is 0 Å². The number of rotatable bonds is 4. The summed E-state index contributed by atoms with van der Waals surface area (Å²) in [7, 11) is 0. The van der Waals surface area contributed by atoms with Crippen LogP contribution in [0.2, 0.25) is 5.02 Å². The summed E-state index contributed by atoms with van der Waals surface area (Å²) in [4.78, 5) is 20.0. The van der Waals surface area contributed by atoms with Gasteiger partial charge in [-0.25, -0.2) is 19.7 Å². The van der Waals surface area contributed by atoms with Crippen LogP contribution in [-0.2, 0) is 0 Å². The predicted molar refractivity (Wildman–Crippen MR) is 115 cm³/mol. The Hall–Kier alpha value is -4.04. The van der Waals surface area contributed by atoms with Gasteiger partial charge < -0.3 is 5.32 Å². The second kappa shape index (κ2) is 7.41. The lowest BCUT2D eigenvalue weighted by atomic mass is 10.1. The Bertz CT molecular complexity index is 1410. The van der Waals surface area contributed by atoms with Crippen LogP contribution in [0.25, 0.3) is 28.0 Å². The summed E-state index contributed by atoms with van der Waals surface area (Å²) in [5, 5.41) is 15.7. The van der Waals surface area contributed by atoms with Crippen LogP contribution in [0.3, 0.4) is 0 Å². The van der Waals surface area contributed by atoms with Crippen molar-refractivity contribution in [3.8, 4) is 16.9 Å². The number of nitrogens with zero attached hydrogens (tertiary/aromatic N) is 5. The number of nitrogens with one attached hydrogen (secondary N) is 2. The number of benzene rings is 2. The first-order valence-electron chi connectivity index (χ1n) is 9.05. The molecule has 8 nitrogen and oxygen atoms in total. The molecule has 2 N–H and O–H groups in total. The minimum Gasteiger partial charge on any atom is -0.339 e. The van der Waals surface area contributed by atoms with E-state index < -0.39 is 0 Å². The van der Waals surface area contributed by atoms with E-state index in [1.807, 2.05) is 48.5 Å². The van der Waals surface area contributed by atoms with Crippen LogP contribution in [0.15, 0.2) is 78.0 Å². The van der Waals surface area contributed by atoms with E-state index in [4.69, 9.17) is 11.6 Å². The normalized spacial score (nSPS) is 11.0. The average molecular weight is 416 g/mol. The highest BCUT2D eigenvalue weighted by molar-refractivity contribution is 6.30. The van der Waals surface area contributed by atoms with Crippen molar-refractivity contribution in [2.24, 2.45) is 0 Å². The van der Waals surface area contributed by atoms with Gasteiger partial charge in [0.05, 0.1) is 23.0 Å². The summed E-state index contributed by atoms with van der Waals surface area (Å²) in [6, 6.07) is 18.2. The summed E-state index contributed by atoms with van der Waals surface area (Å²) >= 11 is 6.11. The van der Waals surface area contributed by atoms with Gasteiger partial charge in [-0.05, 0) is 36.4 Å². The zero-order valence-electron chi connectivity index (χ0n) is 15.5. The third-order valence-electron chi connectivity index (χ3n) is 4.52. The molecule has 5 aromatic rings. The summed E-state index contributed by atoms with van der Waals surface area (Å²) in [5.74, 6) is 0.625. The highest BCUT2D eigenvalue weighted by Gasteiger charge is 2.12. The number of halogens is 1. The molecule has 9 heteroatoms. The quantitative estimate of drug-likeness (QED) is 0.460. The molecule has 146 valence electrons. The van der Waals surface area contributed by atoms with Gasteiger partial charge >= 0.3 is 0 Å². The number of aromatic nitrogens is 6. The fraction of sp³-hybridized carbons (Fsp3) is 0. The maximum atomic E-state index is 11.2. The van der Waals surface area contributed by atoms with E-state index in [1.54, 1.807) is 16.9 Å². The zero-order chi connectivity index (χ0) is 20.5. The highest BCUT2D eigenvalue weighted by atomic mass is 35.5. The molecule has 0 unspecified atom stereocenters. The van der Waals surface area contributed by atoms with E-state index in [0.29, 0.717) is 22.2 Å². The smallest absolute Gasteiger partial charge is 0.264 e. The maximum absolute atomic E-state index is 11.2. The lowest BCUT2D eigenvalue weighted by molar-refractivity contribution is 0.895. The maximum Gasteiger partial charge on any atom is 0.264 e. The van der Waals surface area contributed by atoms with Gasteiger partial charge in [0.25, 0.3) is 5.56 Å². The number of aromatic amines is 1. The van der Waals surface area contributed by atoms with Gasteiger partial charge in [0.2, 0.25) is 0 Å². The molecule has 0 aliphatic rings. The molecule has 0 amide bonds. The molecule has 0 bridgehead atoms. The molecule has 0 saturated carbocycles. The Morgan fingerprint density at radius 1 is 1.00 bits per heavy atom. The molecule has 0 atom stereocenters. The number of hydrogen-bond acceptors (Lipinski definition) is 6. The van der Waals surface area contributed by atoms with E-state index in [2.05, 4.69) is 30.6 Å². The van der Waals surface area contributed by atoms with Crippen molar-refractivity contribution in [2.45, 2.75) is 0 Å². The minimum atomic E-state index is -0.242. The molecule has 2 aromatic carbocycles. The third-order valence-corrected chi connectivity index (χ3v) is 4.75. The minimum absolute atomic E-state index is 0.242. The Balaban J connectivity index is 1.51. The summed E-state index contributed by atoms with van der Waals surface area (Å²) in [6.45, 7) is 0. The Morgan fingerprint density at radius 3 is 2.73 bits per heavy atom. The monoisotopic (exact) mass is 415 g/mol. The molecule has 5 rings (SSSR count). The van der Waals surface area contributed by atoms with Gasteiger partial charge in [0.15, 0.2) is 5.65 Å². The first kappa shape index (κ1) is 18.0. The molecular weight excluding hydrogens is 402 g/mol. The van der Waals surface area contributed by atoms with Crippen molar-refractivity contribution >= 4 is 34.1 Å². The fourth-order valence-corrected chi connectivity index (χ4v) is 3.32. The fourth-order valence-electron chi connectivity index (χ4n) is 3.14. The average Bonchev–Trinajstić information content (AvgIpc) is 3.20. The Labute approximate surface area is 175 Å². The predicted octanol–water partition coefficient (Wildman–Crippen LogP) is 3.96. The van der Waals surface area contributed by atoms with E-state index in [9.17, 15) is 4.79 Å². The van der Waals surface area contributed by atoms with Crippen LogP contribution in [0, 0.1) is 0 Å². The lowest BCUT2D eigenvalue weighted by Crippen LogP contribution is -2.05. The molecule has 0 radical (unpaired) electrons. The first-order chi connectivity index (χ1) is 14.7. The third kappa shape index (κ3) is 3.40. The molecule has 0 spiro atoms. The van der Waals surface area contributed by atoms with Crippen molar-refractivity contribution in [1.29, 1.82) is 0 Å². The largest absolute Gasteiger partial charge is 0.339 e. The molecule has 30 heavy (non-hydrogen) atoms. The van der Waals surface area contributed by atoms with Crippen LogP contribution < -0.4 is 10.9 Å². The van der Waals surface area contributed by atoms with Gasteiger partial charge in [-0.3, -0.25) is 4.79 Å². The van der Waals surface area contributed by atoms with E-state index in [1.165, 1.54) is 12.4 Å². The van der Waals surface area contributed by atoms with Gasteiger partial charge in [-0.2, -0.15) is 10.2 Å². The van der Waals surface area contributed by atoms with Crippen molar-refractivity contribution in [3.05, 3.63) is 88.6 Å². The number of H-pyrrole nitrogens is 1. The SMILES string of the molecule is O=c1ccc(-c2cccc(Nc3ncnc4c3cnn4-c3cccc(Cl)c3)c2)n[nH]1. The number of hydrogen-bond donors (Lipinski definition) is 2. The number of fused-ring (bicyclic) bond motifs is 1. The number of anilines is 2. The Morgan fingerprint density at radius 2 is 1.90 bits per heavy atom. The van der Waals surface area contributed by atoms with E-state index >= 15 is 0 Å². The van der Waals surface area contributed by atoms with Crippen LogP contribution in [0.5, 0.6) is 0 Å². The molecule has 3 heterocycles. The summed E-state index contributed by atoms with van der Waals surface area (Å²) in [6.07, 6.45) is 3.20. The van der Waals surface area contributed by atoms with E-state index in [-0.39, 0.29) is 5.56 Å². The van der Waals surface area contributed by atoms with Gasteiger partial charge in [0, 0.05) is 22.3 Å². The van der Waals surface area contributed by atoms with Crippen LogP contribution in [0.4, 0.5) is 11.5 Å². The Kier molecular flexibility index (Phi) is 4.45. The van der Waals surface area contributed by atoms with Gasteiger partial charge in [0.1, 0.15) is 12.1 Å². The molecular formula is C21H14ClN7O. The zero-order valence-corrected chi connectivity index (χ0v) is 16.2. The second-order valence-electron chi connectivity index (χ2n) is 6.51. The first-order valence-corrected chi connectivity index (χ1v) is 9.43. The van der Waals surface area contributed by atoms with Gasteiger partial charge in [-0.15, -0.1) is 0 Å². The van der Waals surface area contributed by atoms with E-state index in [0.717, 1.165) is 22.3 Å². The van der Waals surface area contributed by atoms with Crippen molar-refractivity contribution in [3.63, 3.8) is 0 Å². The molecule has 0 saturated heterocycles. The molecule has 0 aliphatic heterocycles. The molecule has 0 aliphatic carbocycles. The van der Waals surface area contributed by atoms with Crippen molar-refractivity contribution in [2.75, 3.05) is 5.32 Å². The van der Waals surface area contributed by atoms with Gasteiger partial charge in [-0.1, -0.05) is 29.8 Å². The van der Waals surface area contributed by atoms with Crippen molar-refractivity contribution < 1.29 is 0 Å². The summed E-state index contributed by atoms with van der Waals surface area (Å²) in [5.41, 5.74) is 3.57. The standard InChI is InChI=1S/C21H14ClN7O/c22-14-4-2-6-16(10-14)29-21-17(11-25-29)20(23-12-24-21)26-15-5-1-3-13(9-15)18-7-8-19(30)28-27-18/h1-12H,(H,28,30)(H,23,24,26). The van der Waals surface area contributed by atoms with Crippen LogP contribution >= 0.6 is 11.6 Å².